The number of hydrogen-bond acceptors (Lipinski definition) is 4. The van der Waals surface area contributed by atoms with E-state index in [9.17, 15) is 9.59 Å². The Hall–Kier alpha value is -1.66. The van der Waals surface area contributed by atoms with Crippen LogP contribution in [0.25, 0.3) is 0 Å². The maximum absolute atomic E-state index is 12.1. The minimum atomic E-state index is -0.940. The summed E-state index contributed by atoms with van der Waals surface area (Å²) in [6.07, 6.45) is 0.791. The molecule has 0 spiro atoms. The average Bonchev–Trinajstić information content (AvgIpc) is 2.75. The molecule has 0 heterocycles. The first-order chi connectivity index (χ1) is 15.7. The van der Waals surface area contributed by atoms with Crippen LogP contribution in [0.1, 0.15) is 5.56 Å². The number of carbonyl (C=O) groups excluding carboxylic acids is 2. The molecule has 0 aromatic heterocycles. The number of methoxy groups -OCH3 is 1. The topological polar surface area (TPSA) is 52.6 Å². The van der Waals surface area contributed by atoms with E-state index in [0.717, 1.165) is 5.56 Å². The van der Waals surface area contributed by atoms with E-state index in [1.54, 1.807) is 12.1 Å². The number of aldehydes is 1. The Balaban J connectivity index is 0.000000294. The second-order valence-electron chi connectivity index (χ2n) is 6.45. The summed E-state index contributed by atoms with van der Waals surface area (Å²) >= 11 is 34.8. The molecule has 0 radical (unpaired) electrons. The van der Waals surface area contributed by atoms with Gasteiger partial charge in [-0.2, -0.15) is 0 Å². The quantitative estimate of drug-likeness (QED) is 0.130. The molecule has 0 N–H and O–H groups in total. The standard InChI is InChI=1S/C16H11Cl3O3.C7H5Cl3O/c17-12-7-13(18)15(14(19)8-12)22-16(21)11(9-20)6-10-4-2-1-3-5-10;1-11-7-5(9)2-4(8)3-6(7)10/h1-5,7-9,11H,6H2;2-3H,1H3. The molecule has 0 saturated carbocycles. The number of esters is 1. The van der Waals surface area contributed by atoms with Crippen molar-refractivity contribution in [3.8, 4) is 11.5 Å². The van der Waals surface area contributed by atoms with Crippen LogP contribution in [0.3, 0.4) is 0 Å². The first kappa shape index (κ1) is 27.6. The van der Waals surface area contributed by atoms with Crippen molar-refractivity contribution >= 4 is 81.9 Å². The summed E-state index contributed by atoms with van der Waals surface area (Å²) in [6, 6.07) is 15.1. The van der Waals surface area contributed by atoms with E-state index in [4.69, 9.17) is 79.1 Å². The van der Waals surface area contributed by atoms with Gasteiger partial charge in [0.05, 0.1) is 27.2 Å². The van der Waals surface area contributed by atoms with E-state index < -0.39 is 11.9 Å². The number of carbonyl (C=O) groups is 2. The summed E-state index contributed by atoms with van der Waals surface area (Å²) in [5.41, 5.74) is 0.852. The molecule has 174 valence electrons. The Morgan fingerprint density at radius 1 is 0.818 bits per heavy atom. The molecule has 4 nitrogen and oxygen atoms in total. The first-order valence-electron chi connectivity index (χ1n) is 9.20. The molecular formula is C23H16Cl6O4. The van der Waals surface area contributed by atoms with Crippen molar-refractivity contribution in [2.24, 2.45) is 5.92 Å². The van der Waals surface area contributed by atoms with Crippen LogP contribution in [-0.2, 0) is 16.0 Å². The van der Waals surface area contributed by atoms with Crippen molar-refractivity contribution < 1.29 is 19.1 Å². The number of benzene rings is 3. The Labute approximate surface area is 221 Å². The summed E-state index contributed by atoms with van der Waals surface area (Å²) in [6.45, 7) is 0. The van der Waals surface area contributed by atoms with Gasteiger partial charge >= 0.3 is 5.97 Å². The lowest BCUT2D eigenvalue weighted by Crippen LogP contribution is -2.24. The molecule has 0 fully saturated rings. The van der Waals surface area contributed by atoms with Crippen molar-refractivity contribution in [3.63, 3.8) is 0 Å². The minimum absolute atomic E-state index is 0.00218. The molecule has 3 rings (SSSR count). The van der Waals surface area contributed by atoms with Gasteiger partial charge in [-0.05, 0) is 36.2 Å². The van der Waals surface area contributed by atoms with Crippen LogP contribution in [-0.4, -0.2) is 19.4 Å². The molecule has 1 unspecified atom stereocenters. The molecule has 3 aromatic carbocycles. The highest BCUT2D eigenvalue weighted by atomic mass is 35.5. The van der Waals surface area contributed by atoms with Crippen LogP contribution in [0.5, 0.6) is 11.5 Å². The van der Waals surface area contributed by atoms with E-state index in [2.05, 4.69) is 0 Å². The van der Waals surface area contributed by atoms with Gasteiger partial charge in [0.25, 0.3) is 0 Å². The Bertz CT molecular complexity index is 1080. The molecule has 10 heteroatoms. The van der Waals surface area contributed by atoms with E-state index in [-0.39, 0.29) is 22.2 Å². The van der Waals surface area contributed by atoms with E-state index in [1.165, 1.54) is 19.2 Å². The third kappa shape index (κ3) is 8.25. The van der Waals surface area contributed by atoms with Gasteiger partial charge in [0.2, 0.25) is 0 Å². The van der Waals surface area contributed by atoms with E-state index in [0.29, 0.717) is 32.1 Å². The molecular weight excluding hydrogens is 553 g/mol. The highest BCUT2D eigenvalue weighted by Gasteiger charge is 2.23. The molecule has 33 heavy (non-hydrogen) atoms. The highest BCUT2D eigenvalue weighted by molar-refractivity contribution is 6.41. The fourth-order valence-electron chi connectivity index (χ4n) is 2.58. The van der Waals surface area contributed by atoms with Crippen molar-refractivity contribution in [3.05, 3.63) is 90.3 Å². The SMILES string of the molecule is COc1c(Cl)cc(Cl)cc1Cl.O=CC(Cc1ccccc1)C(=O)Oc1c(Cl)cc(Cl)cc1Cl. The van der Waals surface area contributed by atoms with Crippen LogP contribution >= 0.6 is 69.6 Å². The summed E-state index contributed by atoms with van der Waals surface area (Å²) in [5, 5.41) is 1.88. The lowest BCUT2D eigenvalue weighted by molar-refractivity contribution is -0.140. The Morgan fingerprint density at radius 3 is 1.70 bits per heavy atom. The minimum Gasteiger partial charge on any atom is -0.494 e. The van der Waals surface area contributed by atoms with Crippen LogP contribution < -0.4 is 9.47 Å². The molecule has 0 aliphatic rings. The van der Waals surface area contributed by atoms with Gasteiger partial charge in [-0.1, -0.05) is 99.9 Å². The third-order valence-electron chi connectivity index (χ3n) is 4.10. The molecule has 1 atom stereocenters. The summed E-state index contributed by atoms with van der Waals surface area (Å²) in [5.74, 6) is -1.20. The van der Waals surface area contributed by atoms with Crippen molar-refractivity contribution in [1.82, 2.24) is 0 Å². The normalized spacial score (nSPS) is 11.1. The van der Waals surface area contributed by atoms with Crippen LogP contribution in [0, 0.1) is 5.92 Å². The van der Waals surface area contributed by atoms with Gasteiger partial charge in [0.15, 0.2) is 11.5 Å². The lowest BCUT2D eigenvalue weighted by Gasteiger charge is -2.12. The molecule has 3 aromatic rings. The smallest absolute Gasteiger partial charge is 0.322 e. The zero-order valence-electron chi connectivity index (χ0n) is 17.0. The fraction of sp³-hybridized carbons (Fsp3) is 0.130. The third-order valence-corrected chi connectivity index (χ3v) is 5.66. The summed E-state index contributed by atoms with van der Waals surface area (Å²) in [7, 11) is 1.50. The molecule has 0 aliphatic heterocycles. The van der Waals surface area contributed by atoms with Crippen molar-refractivity contribution in [1.29, 1.82) is 0 Å². The second-order valence-corrected chi connectivity index (χ2v) is 8.96. The molecule has 0 saturated heterocycles. The van der Waals surface area contributed by atoms with Gasteiger partial charge < -0.3 is 14.3 Å². The molecule has 0 bridgehead atoms. The van der Waals surface area contributed by atoms with E-state index >= 15 is 0 Å². The predicted molar refractivity (Wildman–Crippen MR) is 135 cm³/mol. The van der Waals surface area contributed by atoms with Crippen molar-refractivity contribution in [2.45, 2.75) is 6.42 Å². The zero-order chi connectivity index (χ0) is 24.5. The molecule has 0 amide bonds. The largest absolute Gasteiger partial charge is 0.494 e. The lowest BCUT2D eigenvalue weighted by atomic mass is 10.0. The summed E-state index contributed by atoms with van der Waals surface area (Å²) < 4.78 is 10.1. The van der Waals surface area contributed by atoms with Gasteiger partial charge in [0, 0.05) is 10.0 Å². The average molecular weight is 569 g/mol. The second kappa shape index (κ2) is 13.3. The predicted octanol–water partition coefficient (Wildman–Crippen LogP) is 8.27. The monoisotopic (exact) mass is 566 g/mol. The number of hydrogen-bond donors (Lipinski definition) is 0. The fourth-order valence-corrected chi connectivity index (χ4v) is 4.45. The Kier molecular flexibility index (Phi) is 11.1. The molecule has 0 aliphatic carbocycles. The van der Waals surface area contributed by atoms with Crippen LogP contribution in [0.15, 0.2) is 54.6 Å². The summed E-state index contributed by atoms with van der Waals surface area (Å²) in [4.78, 5) is 23.3. The van der Waals surface area contributed by atoms with Gasteiger partial charge in [-0.3, -0.25) is 4.79 Å². The maximum Gasteiger partial charge on any atom is 0.322 e. The van der Waals surface area contributed by atoms with Crippen LogP contribution in [0.4, 0.5) is 0 Å². The maximum atomic E-state index is 12.1. The van der Waals surface area contributed by atoms with Gasteiger partial charge in [-0.15, -0.1) is 0 Å². The Morgan fingerprint density at radius 2 is 1.27 bits per heavy atom. The highest BCUT2D eigenvalue weighted by Crippen LogP contribution is 2.36. The van der Waals surface area contributed by atoms with Gasteiger partial charge in [-0.25, -0.2) is 0 Å². The van der Waals surface area contributed by atoms with Gasteiger partial charge in [0.1, 0.15) is 12.2 Å². The number of ether oxygens (including phenoxy) is 2. The van der Waals surface area contributed by atoms with Crippen molar-refractivity contribution in [2.75, 3.05) is 7.11 Å². The zero-order valence-corrected chi connectivity index (χ0v) is 21.5. The first-order valence-corrected chi connectivity index (χ1v) is 11.5. The van der Waals surface area contributed by atoms with Crippen LogP contribution in [0.2, 0.25) is 30.1 Å². The number of rotatable bonds is 6. The van der Waals surface area contributed by atoms with E-state index in [1.807, 2.05) is 30.3 Å². The number of halogens is 6.